The number of ether oxygens (including phenoxy) is 1. The molecule has 0 bridgehead atoms. The van der Waals surface area contributed by atoms with E-state index >= 15 is 0 Å². The third-order valence-electron chi connectivity index (χ3n) is 3.94. The molecule has 0 aromatic heterocycles. The zero-order valence-corrected chi connectivity index (χ0v) is 17.9. The average molecular weight is 433 g/mol. The van der Waals surface area contributed by atoms with Crippen LogP contribution in [0.25, 0.3) is 0 Å². The Bertz CT molecular complexity index is 857. The van der Waals surface area contributed by atoms with Crippen molar-refractivity contribution in [2.24, 2.45) is 0 Å². The predicted molar refractivity (Wildman–Crippen MR) is 112 cm³/mol. The maximum Gasteiger partial charge on any atom is 0.262 e. The van der Waals surface area contributed by atoms with Crippen molar-refractivity contribution >= 4 is 39.1 Å². The third kappa shape index (κ3) is 6.10. The van der Waals surface area contributed by atoms with Crippen LogP contribution in [-0.2, 0) is 15.0 Å². The molecular formula is C21H25BrN2O3. The van der Waals surface area contributed by atoms with Crippen molar-refractivity contribution < 1.29 is 14.3 Å². The van der Waals surface area contributed by atoms with E-state index in [0.29, 0.717) is 17.1 Å². The van der Waals surface area contributed by atoms with Gasteiger partial charge < -0.3 is 15.4 Å². The van der Waals surface area contributed by atoms with Gasteiger partial charge in [0.05, 0.1) is 0 Å². The summed E-state index contributed by atoms with van der Waals surface area (Å²) in [6, 6.07) is 11.1. The second-order valence-electron chi connectivity index (χ2n) is 7.44. The molecule has 0 saturated carbocycles. The van der Waals surface area contributed by atoms with E-state index in [9.17, 15) is 9.59 Å². The maximum atomic E-state index is 12.3. The molecule has 2 aromatic rings. The van der Waals surface area contributed by atoms with E-state index in [0.717, 1.165) is 15.6 Å². The Labute approximate surface area is 168 Å². The van der Waals surface area contributed by atoms with Crippen LogP contribution in [0.1, 0.15) is 38.8 Å². The highest BCUT2D eigenvalue weighted by molar-refractivity contribution is 9.10. The van der Waals surface area contributed by atoms with Crippen LogP contribution in [0.5, 0.6) is 5.75 Å². The highest BCUT2D eigenvalue weighted by Crippen LogP contribution is 2.33. The lowest BCUT2D eigenvalue weighted by atomic mass is 9.86. The van der Waals surface area contributed by atoms with Crippen LogP contribution < -0.4 is 15.4 Å². The van der Waals surface area contributed by atoms with Crippen LogP contribution in [0.15, 0.2) is 40.9 Å². The molecule has 5 nitrogen and oxygen atoms in total. The minimum absolute atomic E-state index is 0.103. The summed E-state index contributed by atoms with van der Waals surface area (Å²) in [6.45, 7) is 9.52. The Morgan fingerprint density at radius 1 is 1.07 bits per heavy atom. The van der Waals surface area contributed by atoms with Gasteiger partial charge in [0.25, 0.3) is 5.91 Å². The van der Waals surface area contributed by atoms with E-state index in [4.69, 9.17) is 4.74 Å². The van der Waals surface area contributed by atoms with E-state index in [1.165, 1.54) is 6.92 Å². The zero-order valence-electron chi connectivity index (χ0n) is 16.3. The molecule has 144 valence electrons. The molecule has 0 fully saturated rings. The average Bonchev–Trinajstić information content (AvgIpc) is 2.55. The maximum absolute atomic E-state index is 12.3. The fraction of sp³-hybridized carbons (Fsp3) is 0.333. The Balaban J connectivity index is 2.06. The van der Waals surface area contributed by atoms with Gasteiger partial charge in [0.15, 0.2) is 6.61 Å². The van der Waals surface area contributed by atoms with Crippen LogP contribution in [-0.4, -0.2) is 18.4 Å². The zero-order chi connectivity index (χ0) is 20.2. The number of hydrogen-bond acceptors (Lipinski definition) is 3. The fourth-order valence-corrected chi connectivity index (χ4v) is 2.94. The monoisotopic (exact) mass is 432 g/mol. The lowest BCUT2D eigenvalue weighted by molar-refractivity contribution is -0.118. The first-order valence-corrected chi connectivity index (χ1v) is 9.46. The molecular weight excluding hydrogens is 408 g/mol. The first-order chi connectivity index (χ1) is 12.6. The van der Waals surface area contributed by atoms with Gasteiger partial charge in [-0.2, -0.15) is 0 Å². The van der Waals surface area contributed by atoms with Gasteiger partial charge in [0.1, 0.15) is 5.75 Å². The van der Waals surface area contributed by atoms with Crippen molar-refractivity contribution in [1.82, 2.24) is 0 Å². The van der Waals surface area contributed by atoms with Crippen molar-refractivity contribution in [1.29, 1.82) is 0 Å². The Kier molecular flexibility index (Phi) is 6.65. The minimum atomic E-state index is -0.268. The highest BCUT2D eigenvalue weighted by atomic mass is 79.9. The van der Waals surface area contributed by atoms with Crippen molar-refractivity contribution in [3.05, 3.63) is 52.0 Å². The first kappa shape index (κ1) is 21.0. The smallest absolute Gasteiger partial charge is 0.262 e. The Morgan fingerprint density at radius 2 is 1.78 bits per heavy atom. The molecule has 2 rings (SSSR count). The molecule has 6 heteroatoms. The SMILES string of the molecule is CC(=O)Nc1cc(NC(=O)COc2ccc(Br)cc2C(C)(C)C)ccc1C. The lowest BCUT2D eigenvalue weighted by Gasteiger charge is -2.23. The molecule has 2 amide bonds. The molecule has 0 aliphatic heterocycles. The molecule has 0 aliphatic rings. The first-order valence-electron chi connectivity index (χ1n) is 8.67. The summed E-state index contributed by atoms with van der Waals surface area (Å²) in [6.07, 6.45) is 0. The van der Waals surface area contributed by atoms with Gasteiger partial charge in [0.2, 0.25) is 5.91 Å². The number of aryl methyl sites for hydroxylation is 1. The van der Waals surface area contributed by atoms with Gasteiger partial charge in [-0.25, -0.2) is 0 Å². The number of hydrogen-bond donors (Lipinski definition) is 2. The molecule has 0 heterocycles. The number of rotatable bonds is 5. The number of halogens is 1. The molecule has 0 radical (unpaired) electrons. The van der Waals surface area contributed by atoms with Gasteiger partial charge in [-0.1, -0.05) is 42.8 Å². The highest BCUT2D eigenvalue weighted by Gasteiger charge is 2.20. The summed E-state index contributed by atoms with van der Waals surface area (Å²) in [5, 5.41) is 5.55. The van der Waals surface area contributed by atoms with Crippen molar-refractivity contribution in [3.63, 3.8) is 0 Å². The molecule has 2 N–H and O–H groups in total. The lowest BCUT2D eigenvalue weighted by Crippen LogP contribution is -2.22. The van der Waals surface area contributed by atoms with Gasteiger partial charge >= 0.3 is 0 Å². The molecule has 2 aromatic carbocycles. The number of amides is 2. The summed E-state index contributed by atoms with van der Waals surface area (Å²) < 4.78 is 6.74. The Hall–Kier alpha value is -2.34. The van der Waals surface area contributed by atoms with Crippen LogP contribution in [0.4, 0.5) is 11.4 Å². The summed E-state index contributed by atoms with van der Waals surface area (Å²) in [5.41, 5.74) is 3.10. The van der Waals surface area contributed by atoms with Crippen LogP contribution in [0.3, 0.4) is 0 Å². The van der Waals surface area contributed by atoms with Crippen LogP contribution >= 0.6 is 15.9 Å². The molecule has 0 saturated heterocycles. The van der Waals surface area contributed by atoms with E-state index < -0.39 is 0 Å². The van der Waals surface area contributed by atoms with E-state index in [1.54, 1.807) is 12.1 Å². The predicted octanol–water partition coefficient (Wildman–Crippen LogP) is 5.03. The second-order valence-corrected chi connectivity index (χ2v) is 8.35. The summed E-state index contributed by atoms with van der Waals surface area (Å²) in [7, 11) is 0. The second kappa shape index (κ2) is 8.57. The molecule has 0 atom stereocenters. The number of benzene rings is 2. The normalized spacial score (nSPS) is 11.0. The number of nitrogens with one attached hydrogen (secondary N) is 2. The molecule has 27 heavy (non-hydrogen) atoms. The van der Waals surface area contributed by atoms with Crippen molar-refractivity contribution in [3.8, 4) is 5.75 Å². The van der Waals surface area contributed by atoms with E-state index in [2.05, 4.69) is 47.3 Å². The summed E-state index contributed by atoms with van der Waals surface area (Å²) in [4.78, 5) is 23.6. The van der Waals surface area contributed by atoms with E-state index in [-0.39, 0.29) is 23.8 Å². The summed E-state index contributed by atoms with van der Waals surface area (Å²) in [5.74, 6) is 0.258. The third-order valence-corrected chi connectivity index (χ3v) is 4.43. The van der Waals surface area contributed by atoms with Gasteiger partial charge in [-0.15, -0.1) is 0 Å². The van der Waals surface area contributed by atoms with Crippen molar-refractivity contribution in [2.45, 2.75) is 40.0 Å². The quantitative estimate of drug-likeness (QED) is 0.695. The summed E-state index contributed by atoms with van der Waals surface area (Å²) >= 11 is 3.48. The van der Waals surface area contributed by atoms with Gasteiger partial charge in [-0.05, 0) is 48.2 Å². The van der Waals surface area contributed by atoms with Gasteiger partial charge in [-0.3, -0.25) is 9.59 Å². The van der Waals surface area contributed by atoms with Crippen LogP contribution in [0, 0.1) is 6.92 Å². The molecule has 0 unspecified atom stereocenters. The van der Waals surface area contributed by atoms with Crippen LogP contribution in [0.2, 0.25) is 0 Å². The largest absolute Gasteiger partial charge is 0.483 e. The Morgan fingerprint density at radius 3 is 2.41 bits per heavy atom. The van der Waals surface area contributed by atoms with Crippen molar-refractivity contribution in [2.75, 3.05) is 17.2 Å². The fourth-order valence-electron chi connectivity index (χ4n) is 2.58. The molecule has 0 spiro atoms. The molecule has 0 aliphatic carbocycles. The van der Waals surface area contributed by atoms with Gasteiger partial charge in [0, 0.05) is 28.3 Å². The minimum Gasteiger partial charge on any atom is -0.483 e. The van der Waals surface area contributed by atoms with E-state index in [1.807, 2.05) is 31.2 Å². The topological polar surface area (TPSA) is 67.4 Å². The standard InChI is InChI=1S/C21H25BrN2O3/c1-13-6-8-16(11-18(13)23-14(2)25)24-20(26)12-27-19-9-7-15(22)10-17(19)21(3,4)5/h6-11H,12H2,1-5H3,(H,23,25)(H,24,26). The number of carbonyl (C=O) groups excluding carboxylic acids is 2. The number of anilines is 2. The number of carbonyl (C=O) groups is 2.